The van der Waals surface area contributed by atoms with Crippen LogP contribution in [0.25, 0.3) is 66.1 Å². The second-order valence-corrected chi connectivity index (χ2v) is 10.4. The summed E-state index contributed by atoms with van der Waals surface area (Å²) < 4.78 is 4.78. The van der Waals surface area contributed by atoms with E-state index in [0.29, 0.717) is 0 Å². The van der Waals surface area contributed by atoms with Crippen molar-refractivity contribution < 1.29 is 0 Å². The maximum atomic E-state index is 6.18. The number of hydrogen-bond donors (Lipinski definition) is 0. The molecule has 0 radical (unpaired) electrons. The Kier molecular flexibility index (Phi) is 4.91. The summed E-state index contributed by atoms with van der Waals surface area (Å²) in [6.07, 6.45) is 0. The van der Waals surface area contributed by atoms with Crippen molar-refractivity contribution in [3.63, 3.8) is 0 Å². The van der Waals surface area contributed by atoms with Gasteiger partial charge in [-0.05, 0) is 65.7 Å². The standard InChI is InChI=1S/C36H23ClN2/c37-26-17-14-24(15-18-26)25-16-20-31-29-10-5-7-13-34(29)39(35(31)22-25)28-19-21-32-30-11-4-6-12-33(30)38(36(32)23-28)27-8-2-1-3-9-27/h1-23H. The number of hydrogen-bond acceptors (Lipinski definition) is 0. The second kappa shape index (κ2) is 8.62. The van der Waals surface area contributed by atoms with E-state index in [4.69, 9.17) is 11.6 Å². The van der Waals surface area contributed by atoms with Gasteiger partial charge in [0, 0.05) is 37.9 Å². The molecule has 0 bridgehead atoms. The van der Waals surface area contributed by atoms with E-state index in [1.807, 2.05) is 12.1 Å². The molecule has 0 spiro atoms. The quantitative estimate of drug-likeness (QED) is 0.220. The lowest BCUT2D eigenvalue weighted by atomic mass is 10.0. The van der Waals surface area contributed by atoms with Crippen molar-refractivity contribution >= 4 is 55.2 Å². The number of halogens is 1. The summed E-state index contributed by atoms with van der Waals surface area (Å²) in [7, 11) is 0. The van der Waals surface area contributed by atoms with E-state index in [9.17, 15) is 0 Å². The van der Waals surface area contributed by atoms with E-state index in [2.05, 4.69) is 137 Å². The van der Waals surface area contributed by atoms with Crippen LogP contribution in [0.4, 0.5) is 0 Å². The number of rotatable bonds is 3. The number of nitrogens with zero attached hydrogens (tertiary/aromatic N) is 2. The molecule has 0 saturated carbocycles. The molecule has 0 amide bonds. The molecular formula is C36H23ClN2. The highest BCUT2D eigenvalue weighted by molar-refractivity contribution is 6.30. The average molecular weight is 519 g/mol. The van der Waals surface area contributed by atoms with Crippen molar-refractivity contribution in [3.05, 3.63) is 145 Å². The monoisotopic (exact) mass is 518 g/mol. The molecule has 184 valence electrons. The van der Waals surface area contributed by atoms with Gasteiger partial charge in [-0.15, -0.1) is 0 Å². The third-order valence-corrected chi connectivity index (χ3v) is 8.03. The van der Waals surface area contributed by atoms with Crippen LogP contribution >= 0.6 is 11.6 Å². The first-order valence-electron chi connectivity index (χ1n) is 13.1. The van der Waals surface area contributed by atoms with Gasteiger partial charge in [-0.1, -0.05) is 96.5 Å². The van der Waals surface area contributed by atoms with Gasteiger partial charge in [-0.25, -0.2) is 0 Å². The minimum absolute atomic E-state index is 0.746. The van der Waals surface area contributed by atoms with Gasteiger partial charge in [-0.3, -0.25) is 0 Å². The third-order valence-electron chi connectivity index (χ3n) is 7.78. The van der Waals surface area contributed by atoms with Gasteiger partial charge < -0.3 is 9.13 Å². The molecule has 0 N–H and O–H groups in total. The zero-order valence-corrected chi connectivity index (χ0v) is 21.8. The molecule has 0 unspecified atom stereocenters. The van der Waals surface area contributed by atoms with Crippen molar-refractivity contribution in [2.75, 3.05) is 0 Å². The molecule has 6 aromatic carbocycles. The molecule has 0 aliphatic carbocycles. The second-order valence-electron chi connectivity index (χ2n) is 9.98. The van der Waals surface area contributed by atoms with Crippen molar-refractivity contribution in [2.24, 2.45) is 0 Å². The van der Waals surface area contributed by atoms with Crippen LogP contribution < -0.4 is 0 Å². The normalized spacial score (nSPS) is 11.7. The first-order valence-corrected chi connectivity index (χ1v) is 13.5. The van der Waals surface area contributed by atoms with Gasteiger partial charge >= 0.3 is 0 Å². The van der Waals surface area contributed by atoms with E-state index in [0.717, 1.165) is 22.0 Å². The Labute approximate surface area is 230 Å². The zero-order valence-electron chi connectivity index (χ0n) is 21.1. The first-order chi connectivity index (χ1) is 19.3. The lowest BCUT2D eigenvalue weighted by Gasteiger charge is -2.12. The van der Waals surface area contributed by atoms with E-state index >= 15 is 0 Å². The van der Waals surface area contributed by atoms with Gasteiger partial charge in [0.05, 0.1) is 22.1 Å². The van der Waals surface area contributed by atoms with Crippen molar-refractivity contribution in [1.29, 1.82) is 0 Å². The summed E-state index contributed by atoms with van der Waals surface area (Å²) in [4.78, 5) is 0. The molecular weight excluding hydrogens is 496 g/mol. The fraction of sp³-hybridized carbons (Fsp3) is 0. The van der Waals surface area contributed by atoms with Gasteiger partial charge in [0.15, 0.2) is 0 Å². The highest BCUT2D eigenvalue weighted by atomic mass is 35.5. The summed E-state index contributed by atoms with van der Waals surface area (Å²) in [5.41, 5.74) is 9.41. The van der Waals surface area contributed by atoms with Crippen LogP contribution in [0, 0.1) is 0 Å². The molecule has 3 heteroatoms. The Morgan fingerprint density at radius 1 is 0.359 bits per heavy atom. The van der Waals surface area contributed by atoms with Gasteiger partial charge in [-0.2, -0.15) is 0 Å². The summed E-state index contributed by atoms with van der Waals surface area (Å²) in [5.74, 6) is 0. The van der Waals surface area contributed by atoms with Crippen LogP contribution in [-0.4, -0.2) is 9.13 Å². The Balaban J connectivity index is 1.44. The lowest BCUT2D eigenvalue weighted by molar-refractivity contribution is 1.15. The van der Waals surface area contributed by atoms with Crippen LogP contribution in [-0.2, 0) is 0 Å². The predicted octanol–water partition coefficient (Wildman–Crippen LogP) is 10.2. The predicted molar refractivity (Wildman–Crippen MR) is 166 cm³/mol. The van der Waals surface area contributed by atoms with E-state index < -0.39 is 0 Å². The van der Waals surface area contributed by atoms with E-state index in [-0.39, 0.29) is 0 Å². The topological polar surface area (TPSA) is 9.86 Å². The summed E-state index contributed by atoms with van der Waals surface area (Å²) in [6, 6.07) is 49.7. The van der Waals surface area contributed by atoms with Crippen LogP contribution in [0.3, 0.4) is 0 Å². The Morgan fingerprint density at radius 3 is 1.56 bits per heavy atom. The van der Waals surface area contributed by atoms with Crippen LogP contribution in [0.1, 0.15) is 0 Å². The molecule has 39 heavy (non-hydrogen) atoms. The number of para-hydroxylation sites is 3. The minimum Gasteiger partial charge on any atom is -0.309 e. The molecule has 8 aromatic rings. The van der Waals surface area contributed by atoms with Gasteiger partial charge in [0.1, 0.15) is 0 Å². The Morgan fingerprint density at radius 2 is 0.872 bits per heavy atom. The molecule has 8 rings (SSSR count). The highest BCUT2D eigenvalue weighted by Gasteiger charge is 2.16. The first kappa shape index (κ1) is 22.2. The van der Waals surface area contributed by atoms with Crippen LogP contribution in [0.5, 0.6) is 0 Å². The van der Waals surface area contributed by atoms with Gasteiger partial charge in [0.2, 0.25) is 0 Å². The third kappa shape index (κ3) is 3.42. The van der Waals surface area contributed by atoms with Crippen LogP contribution in [0.15, 0.2) is 140 Å². The number of aromatic nitrogens is 2. The fourth-order valence-electron chi connectivity index (χ4n) is 6.02. The molecule has 0 aliphatic rings. The maximum absolute atomic E-state index is 6.18. The number of benzene rings is 6. The van der Waals surface area contributed by atoms with Crippen LogP contribution in [0.2, 0.25) is 5.02 Å². The lowest BCUT2D eigenvalue weighted by Crippen LogP contribution is -1.97. The van der Waals surface area contributed by atoms with Gasteiger partial charge in [0.25, 0.3) is 0 Å². The van der Waals surface area contributed by atoms with Crippen molar-refractivity contribution in [1.82, 2.24) is 9.13 Å². The smallest absolute Gasteiger partial charge is 0.0561 e. The summed E-state index contributed by atoms with van der Waals surface area (Å²) in [6.45, 7) is 0. The molecule has 0 fully saturated rings. The zero-order chi connectivity index (χ0) is 25.9. The molecule has 0 atom stereocenters. The fourth-order valence-corrected chi connectivity index (χ4v) is 6.15. The maximum Gasteiger partial charge on any atom is 0.0561 e. The Bertz CT molecular complexity index is 2170. The highest BCUT2D eigenvalue weighted by Crippen LogP contribution is 2.38. The summed E-state index contributed by atoms with van der Waals surface area (Å²) >= 11 is 6.18. The SMILES string of the molecule is Clc1ccc(-c2ccc3c4ccccc4n(-c4ccc5c6ccccc6n(-c6ccccc6)c5c4)c3c2)cc1. The minimum atomic E-state index is 0.746. The average Bonchev–Trinajstić information content (AvgIpc) is 3.50. The molecule has 2 nitrogen and oxygen atoms in total. The molecule has 2 heterocycles. The largest absolute Gasteiger partial charge is 0.309 e. The van der Waals surface area contributed by atoms with Crippen molar-refractivity contribution in [3.8, 4) is 22.5 Å². The molecule has 0 aliphatic heterocycles. The molecule has 0 saturated heterocycles. The van der Waals surface area contributed by atoms with E-state index in [1.165, 1.54) is 49.2 Å². The van der Waals surface area contributed by atoms with E-state index in [1.54, 1.807) is 0 Å². The molecule has 2 aromatic heterocycles. The number of fused-ring (bicyclic) bond motifs is 6. The Hall–Kier alpha value is -4.79. The summed E-state index contributed by atoms with van der Waals surface area (Å²) in [5, 5.41) is 5.75. The van der Waals surface area contributed by atoms with Crippen molar-refractivity contribution in [2.45, 2.75) is 0 Å².